The lowest BCUT2D eigenvalue weighted by atomic mass is 10.1. The molecule has 1 saturated heterocycles. The number of urea groups is 1. The van der Waals surface area contributed by atoms with E-state index in [2.05, 4.69) is 37.4 Å². The standard InChI is InChI=1S/C18H22N8O/c1-12-4-5-14(10-13(12)2)21-18(27)26-8-6-25(7-9-26)17-15-16(19-11-20-17)24(3)23-22-15/h4-5,10-11H,6-9H2,1-3H3,(H,21,27). The van der Waals surface area contributed by atoms with Crippen molar-refractivity contribution in [3.05, 3.63) is 35.7 Å². The molecule has 0 unspecified atom stereocenters. The normalized spacial score (nSPS) is 14.6. The van der Waals surface area contributed by atoms with Gasteiger partial charge < -0.3 is 15.1 Å². The highest BCUT2D eigenvalue weighted by molar-refractivity contribution is 5.90. The summed E-state index contributed by atoms with van der Waals surface area (Å²) in [4.78, 5) is 25.1. The van der Waals surface area contributed by atoms with E-state index >= 15 is 0 Å². The Bertz CT molecular complexity index is 990. The Balaban J connectivity index is 1.42. The van der Waals surface area contributed by atoms with Crippen LogP contribution >= 0.6 is 0 Å². The van der Waals surface area contributed by atoms with Gasteiger partial charge in [0.2, 0.25) is 0 Å². The van der Waals surface area contributed by atoms with Gasteiger partial charge in [0.05, 0.1) is 0 Å². The van der Waals surface area contributed by atoms with Crippen molar-refractivity contribution in [2.45, 2.75) is 13.8 Å². The molecule has 0 radical (unpaired) electrons. The fraction of sp³-hybridized carbons (Fsp3) is 0.389. The van der Waals surface area contributed by atoms with Crippen LogP contribution < -0.4 is 10.2 Å². The molecule has 0 spiro atoms. The van der Waals surface area contributed by atoms with Gasteiger partial charge in [0, 0.05) is 38.9 Å². The Morgan fingerprint density at radius 1 is 1.07 bits per heavy atom. The molecule has 1 aromatic carbocycles. The molecule has 3 heterocycles. The van der Waals surface area contributed by atoms with E-state index in [-0.39, 0.29) is 6.03 Å². The second-order valence-corrected chi connectivity index (χ2v) is 6.79. The monoisotopic (exact) mass is 366 g/mol. The van der Waals surface area contributed by atoms with E-state index in [0.717, 1.165) is 17.1 Å². The lowest BCUT2D eigenvalue weighted by Gasteiger charge is -2.35. The van der Waals surface area contributed by atoms with Gasteiger partial charge in [-0.1, -0.05) is 11.3 Å². The molecule has 27 heavy (non-hydrogen) atoms. The van der Waals surface area contributed by atoms with Crippen molar-refractivity contribution in [1.29, 1.82) is 0 Å². The van der Waals surface area contributed by atoms with Gasteiger partial charge in [-0.05, 0) is 37.1 Å². The third-order valence-electron chi connectivity index (χ3n) is 4.99. The quantitative estimate of drug-likeness (QED) is 0.743. The fourth-order valence-electron chi connectivity index (χ4n) is 3.22. The van der Waals surface area contributed by atoms with E-state index < -0.39 is 0 Å². The Kier molecular flexibility index (Phi) is 4.35. The van der Waals surface area contributed by atoms with E-state index in [1.807, 2.05) is 30.0 Å². The molecule has 2 aromatic heterocycles. The zero-order chi connectivity index (χ0) is 19.0. The summed E-state index contributed by atoms with van der Waals surface area (Å²) >= 11 is 0. The maximum atomic E-state index is 12.6. The smallest absolute Gasteiger partial charge is 0.321 e. The fourth-order valence-corrected chi connectivity index (χ4v) is 3.22. The number of nitrogens with zero attached hydrogens (tertiary/aromatic N) is 7. The third-order valence-corrected chi connectivity index (χ3v) is 4.99. The number of hydrogen-bond acceptors (Lipinski definition) is 6. The Labute approximate surface area is 157 Å². The average molecular weight is 366 g/mol. The topological polar surface area (TPSA) is 92.1 Å². The van der Waals surface area contributed by atoms with Crippen LogP contribution in [0, 0.1) is 13.8 Å². The Morgan fingerprint density at radius 2 is 1.85 bits per heavy atom. The van der Waals surface area contributed by atoms with Crippen LogP contribution in [0.3, 0.4) is 0 Å². The SMILES string of the molecule is Cc1ccc(NC(=O)N2CCN(c3ncnc4c3nnn4C)CC2)cc1C. The minimum atomic E-state index is -0.0785. The number of aromatic nitrogens is 5. The van der Waals surface area contributed by atoms with Gasteiger partial charge >= 0.3 is 6.03 Å². The van der Waals surface area contributed by atoms with Crippen LogP contribution in [0.1, 0.15) is 11.1 Å². The molecule has 9 nitrogen and oxygen atoms in total. The van der Waals surface area contributed by atoms with Crippen LogP contribution in [0.2, 0.25) is 0 Å². The molecule has 1 N–H and O–H groups in total. The average Bonchev–Trinajstić information content (AvgIpc) is 3.06. The molecule has 1 aliphatic rings. The highest BCUT2D eigenvalue weighted by atomic mass is 16.2. The number of benzene rings is 1. The van der Waals surface area contributed by atoms with Gasteiger partial charge in [0.15, 0.2) is 17.0 Å². The van der Waals surface area contributed by atoms with E-state index in [1.54, 1.807) is 11.7 Å². The molecule has 0 aliphatic carbocycles. The van der Waals surface area contributed by atoms with Gasteiger partial charge in [-0.2, -0.15) is 0 Å². The number of hydrogen-bond donors (Lipinski definition) is 1. The zero-order valence-corrected chi connectivity index (χ0v) is 15.7. The van der Waals surface area contributed by atoms with Gasteiger partial charge in [-0.15, -0.1) is 5.10 Å². The first-order valence-corrected chi connectivity index (χ1v) is 8.91. The summed E-state index contributed by atoms with van der Waals surface area (Å²) in [5.41, 5.74) is 4.58. The maximum absolute atomic E-state index is 12.6. The van der Waals surface area contributed by atoms with Crippen LogP contribution in [0.4, 0.5) is 16.3 Å². The number of anilines is 2. The first kappa shape index (κ1) is 17.2. The highest BCUT2D eigenvalue weighted by Gasteiger charge is 2.24. The van der Waals surface area contributed by atoms with Gasteiger partial charge in [-0.25, -0.2) is 19.4 Å². The van der Waals surface area contributed by atoms with Crippen molar-refractivity contribution in [1.82, 2.24) is 29.9 Å². The summed E-state index contributed by atoms with van der Waals surface area (Å²) < 4.78 is 1.63. The molecule has 0 bridgehead atoms. The molecular weight excluding hydrogens is 344 g/mol. The van der Waals surface area contributed by atoms with E-state index in [0.29, 0.717) is 37.3 Å². The molecule has 3 aromatic rings. The Morgan fingerprint density at radius 3 is 2.59 bits per heavy atom. The van der Waals surface area contributed by atoms with Crippen LogP contribution in [-0.4, -0.2) is 62.1 Å². The number of fused-ring (bicyclic) bond motifs is 1. The van der Waals surface area contributed by atoms with Crippen molar-refractivity contribution in [3.8, 4) is 0 Å². The lowest BCUT2D eigenvalue weighted by molar-refractivity contribution is 0.208. The number of carbonyl (C=O) groups is 1. The predicted octanol–water partition coefficient (Wildman–Crippen LogP) is 1.73. The summed E-state index contributed by atoms with van der Waals surface area (Å²) in [5.74, 6) is 0.766. The first-order valence-electron chi connectivity index (χ1n) is 8.91. The minimum Gasteiger partial charge on any atom is -0.351 e. The maximum Gasteiger partial charge on any atom is 0.321 e. The summed E-state index contributed by atoms with van der Waals surface area (Å²) in [6.07, 6.45) is 1.53. The van der Waals surface area contributed by atoms with Crippen LogP contribution in [-0.2, 0) is 7.05 Å². The molecule has 0 atom stereocenters. The molecule has 140 valence electrons. The van der Waals surface area contributed by atoms with Crippen LogP contribution in [0.5, 0.6) is 0 Å². The Hall–Kier alpha value is -3.23. The van der Waals surface area contributed by atoms with E-state index in [9.17, 15) is 4.79 Å². The van der Waals surface area contributed by atoms with Crippen molar-refractivity contribution >= 4 is 28.7 Å². The van der Waals surface area contributed by atoms with Crippen molar-refractivity contribution in [3.63, 3.8) is 0 Å². The number of aryl methyl sites for hydroxylation is 3. The minimum absolute atomic E-state index is 0.0785. The summed E-state index contributed by atoms with van der Waals surface area (Å²) in [6, 6.07) is 5.87. The summed E-state index contributed by atoms with van der Waals surface area (Å²) in [5, 5.41) is 11.2. The lowest BCUT2D eigenvalue weighted by Crippen LogP contribution is -2.50. The zero-order valence-electron chi connectivity index (χ0n) is 15.7. The molecule has 1 aliphatic heterocycles. The van der Waals surface area contributed by atoms with Gasteiger partial charge in [0.25, 0.3) is 0 Å². The van der Waals surface area contributed by atoms with E-state index in [4.69, 9.17) is 0 Å². The molecule has 2 amide bonds. The summed E-state index contributed by atoms with van der Waals surface area (Å²) in [6.45, 7) is 6.69. The van der Waals surface area contributed by atoms with E-state index in [1.165, 1.54) is 11.9 Å². The largest absolute Gasteiger partial charge is 0.351 e. The number of amides is 2. The van der Waals surface area contributed by atoms with Gasteiger partial charge in [-0.3, -0.25) is 0 Å². The molecule has 1 fully saturated rings. The number of nitrogens with one attached hydrogen (secondary N) is 1. The number of rotatable bonds is 2. The van der Waals surface area contributed by atoms with Crippen molar-refractivity contribution in [2.24, 2.45) is 7.05 Å². The molecular formula is C18H22N8O. The molecule has 4 rings (SSSR count). The van der Waals surface area contributed by atoms with Crippen molar-refractivity contribution in [2.75, 3.05) is 36.4 Å². The van der Waals surface area contributed by atoms with Gasteiger partial charge in [0.1, 0.15) is 6.33 Å². The molecule has 0 saturated carbocycles. The molecule has 9 heteroatoms. The highest BCUT2D eigenvalue weighted by Crippen LogP contribution is 2.21. The summed E-state index contributed by atoms with van der Waals surface area (Å²) in [7, 11) is 1.81. The van der Waals surface area contributed by atoms with Crippen LogP contribution in [0.25, 0.3) is 11.2 Å². The second kappa shape index (κ2) is 6.82. The first-order chi connectivity index (χ1) is 13.0. The second-order valence-electron chi connectivity index (χ2n) is 6.79. The third kappa shape index (κ3) is 3.27. The van der Waals surface area contributed by atoms with Crippen LogP contribution in [0.15, 0.2) is 24.5 Å². The number of piperazine rings is 1. The van der Waals surface area contributed by atoms with Crippen molar-refractivity contribution < 1.29 is 4.79 Å². The predicted molar refractivity (Wildman–Crippen MR) is 103 cm³/mol. The number of carbonyl (C=O) groups excluding carboxylic acids is 1.